The number of hydrazone groups is 1. The van der Waals surface area contributed by atoms with Crippen molar-refractivity contribution >= 4 is 44.0 Å². The van der Waals surface area contributed by atoms with Gasteiger partial charge in [0.15, 0.2) is 0 Å². The van der Waals surface area contributed by atoms with Crippen molar-refractivity contribution in [2.75, 3.05) is 5.43 Å². The predicted molar refractivity (Wildman–Crippen MR) is 79.0 cm³/mol. The smallest absolute Gasteiger partial charge is 0.271 e. The van der Waals surface area contributed by atoms with Gasteiger partial charge in [0.2, 0.25) is 5.95 Å². The van der Waals surface area contributed by atoms with E-state index in [0.29, 0.717) is 10.0 Å². The van der Waals surface area contributed by atoms with Crippen LogP contribution in [0.15, 0.2) is 31.1 Å². The molecule has 1 aromatic heterocycles. The van der Waals surface area contributed by atoms with Crippen LogP contribution in [0, 0.1) is 0 Å². The molecule has 1 aromatic carbocycles. The number of aromatic amines is 1. The first-order valence-corrected chi connectivity index (χ1v) is 6.68. The normalized spacial score (nSPS) is 10.9. The number of nitrogens with one attached hydrogen (secondary N) is 2. The Bertz CT molecular complexity index is 731. The Labute approximate surface area is 128 Å². The fourth-order valence-corrected chi connectivity index (χ4v) is 2.40. The van der Waals surface area contributed by atoms with Gasteiger partial charge in [-0.05, 0) is 37.9 Å². The summed E-state index contributed by atoms with van der Waals surface area (Å²) in [5.41, 5.74) is 2.36. The second-order valence-electron chi connectivity index (χ2n) is 3.51. The number of anilines is 1. The predicted octanol–water partition coefficient (Wildman–Crippen LogP) is 1.55. The van der Waals surface area contributed by atoms with Gasteiger partial charge in [0.05, 0.1) is 10.7 Å². The van der Waals surface area contributed by atoms with Gasteiger partial charge in [0, 0.05) is 5.56 Å². The lowest BCUT2D eigenvalue weighted by atomic mass is 10.2. The molecule has 0 atom stereocenters. The third-order valence-electron chi connectivity index (χ3n) is 2.15. The Morgan fingerprint density at radius 2 is 2.10 bits per heavy atom. The molecular formula is C10H7Br2N5O3. The number of benzene rings is 1. The standard InChI is InChI=1S/C10H7Br2N5O3/c11-5-1-4(8(19)7(12)9(5)20)2-13-16-10-15-6(18)3-14-17-10/h1-3,19-20H,(H2,15,16,17,18)/b13-2+. The molecule has 1 heterocycles. The summed E-state index contributed by atoms with van der Waals surface area (Å²) in [5.74, 6) is -0.236. The summed E-state index contributed by atoms with van der Waals surface area (Å²) in [6.45, 7) is 0. The highest BCUT2D eigenvalue weighted by atomic mass is 79.9. The summed E-state index contributed by atoms with van der Waals surface area (Å²) in [4.78, 5) is 13.3. The molecule has 0 fully saturated rings. The van der Waals surface area contributed by atoms with Gasteiger partial charge >= 0.3 is 0 Å². The fourth-order valence-electron chi connectivity index (χ4n) is 1.24. The van der Waals surface area contributed by atoms with E-state index < -0.39 is 5.56 Å². The maximum Gasteiger partial charge on any atom is 0.271 e. The minimum absolute atomic E-state index is 0.0603. The first kappa shape index (κ1) is 14.5. The summed E-state index contributed by atoms with van der Waals surface area (Å²) < 4.78 is 0.526. The molecule has 2 rings (SSSR count). The van der Waals surface area contributed by atoms with Crippen LogP contribution in [-0.2, 0) is 0 Å². The van der Waals surface area contributed by atoms with Gasteiger partial charge in [-0.25, -0.2) is 5.43 Å². The van der Waals surface area contributed by atoms with Crippen LogP contribution in [0.1, 0.15) is 5.56 Å². The molecule has 0 unspecified atom stereocenters. The summed E-state index contributed by atoms with van der Waals surface area (Å²) >= 11 is 6.18. The molecule has 0 bridgehead atoms. The molecule has 0 spiro atoms. The van der Waals surface area contributed by atoms with E-state index in [1.54, 1.807) is 0 Å². The molecule has 0 aliphatic heterocycles. The van der Waals surface area contributed by atoms with Crippen LogP contribution >= 0.6 is 31.9 Å². The molecule has 20 heavy (non-hydrogen) atoms. The molecule has 0 saturated heterocycles. The van der Waals surface area contributed by atoms with Crippen LogP contribution in [-0.4, -0.2) is 31.6 Å². The highest BCUT2D eigenvalue weighted by Crippen LogP contribution is 2.40. The topological polar surface area (TPSA) is 123 Å². The SMILES string of the molecule is O=c1cnnc(N/N=C/c2cc(Br)c(O)c(Br)c2O)[nH]1. The highest BCUT2D eigenvalue weighted by molar-refractivity contribution is 9.11. The Morgan fingerprint density at radius 3 is 2.80 bits per heavy atom. The molecule has 0 aliphatic rings. The zero-order valence-electron chi connectivity index (χ0n) is 9.63. The van der Waals surface area contributed by atoms with E-state index in [1.165, 1.54) is 12.3 Å². The zero-order chi connectivity index (χ0) is 14.7. The number of halogens is 2. The van der Waals surface area contributed by atoms with Gasteiger partial charge in [-0.15, -0.1) is 10.2 Å². The number of hydrogen-bond acceptors (Lipinski definition) is 7. The van der Waals surface area contributed by atoms with Crippen molar-refractivity contribution in [2.24, 2.45) is 5.10 Å². The van der Waals surface area contributed by atoms with E-state index in [4.69, 9.17) is 0 Å². The maximum atomic E-state index is 11.0. The van der Waals surface area contributed by atoms with Crippen molar-refractivity contribution in [1.29, 1.82) is 0 Å². The zero-order valence-corrected chi connectivity index (χ0v) is 12.8. The number of rotatable bonds is 3. The first-order chi connectivity index (χ1) is 9.49. The third-order valence-corrected chi connectivity index (χ3v) is 3.50. The summed E-state index contributed by atoms with van der Waals surface area (Å²) in [6, 6.07) is 1.47. The number of nitrogens with zero attached hydrogens (tertiary/aromatic N) is 3. The Hall–Kier alpha value is -1.94. The van der Waals surface area contributed by atoms with E-state index in [1.807, 2.05) is 0 Å². The lowest BCUT2D eigenvalue weighted by molar-refractivity contribution is 0.442. The Morgan fingerprint density at radius 1 is 1.35 bits per heavy atom. The molecule has 0 radical (unpaired) electrons. The molecule has 8 nitrogen and oxygen atoms in total. The van der Waals surface area contributed by atoms with Crippen LogP contribution in [0.25, 0.3) is 0 Å². The molecule has 10 heteroatoms. The van der Waals surface area contributed by atoms with Crippen molar-refractivity contribution in [3.05, 3.63) is 37.1 Å². The molecule has 0 saturated carbocycles. The van der Waals surface area contributed by atoms with E-state index in [9.17, 15) is 15.0 Å². The van der Waals surface area contributed by atoms with E-state index in [2.05, 4.69) is 57.6 Å². The van der Waals surface area contributed by atoms with Gasteiger partial charge in [0.1, 0.15) is 22.2 Å². The van der Waals surface area contributed by atoms with Crippen molar-refractivity contribution in [3.63, 3.8) is 0 Å². The van der Waals surface area contributed by atoms with Gasteiger partial charge in [-0.3, -0.25) is 9.78 Å². The summed E-state index contributed by atoms with van der Waals surface area (Å²) in [5, 5.41) is 30.2. The number of H-pyrrole nitrogens is 1. The van der Waals surface area contributed by atoms with Crippen LogP contribution < -0.4 is 11.0 Å². The van der Waals surface area contributed by atoms with Crippen LogP contribution in [0.3, 0.4) is 0 Å². The monoisotopic (exact) mass is 403 g/mol. The van der Waals surface area contributed by atoms with Gasteiger partial charge in [-0.1, -0.05) is 0 Å². The van der Waals surface area contributed by atoms with Crippen LogP contribution in [0.5, 0.6) is 11.5 Å². The van der Waals surface area contributed by atoms with E-state index in [-0.39, 0.29) is 21.9 Å². The van der Waals surface area contributed by atoms with Crippen molar-refractivity contribution < 1.29 is 10.2 Å². The first-order valence-electron chi connectivity index (χ1n) is 5.10. The average Bonchev–Trinajstić information content (AvgIpc) is 2.42. The Balaban J connectivity index is 2.22. The maximum absolute atomic E-state index is 11.0. The number of aromatic hydroxyl groups is 2. The quantitative estimate of drug-likeness (QED) is 0.454. The largest absolute Gasteiger partial charge is 0.506 e. The van der Waals surface area contributed by atoms with Gasteiger partial charge < -0.3 is 10.2 Å². The van der Waals surface area contributed by atoms with Crippen molar-refractivity contribution in [2.45, 2.75) is 0 Å². The highest BCUT2D eigenvalue weighted by Gasteiger charge is 2.12. The summed E-state index contributed by atoms with van der Waals surface area (Å²) in [7, 11) is 0. The molecule has 0 amide bonds. The van der Waals surface area contributed by atoms with E-state index in [0.717, 1.165) is 6.20 Å². The lowest BCUT2D eigenvalue weighted by Gasteiger charge is -2.06. The number of aromatic nitrogens is 3. The Kier molecular flexibility index (Phi) is 4.35. The molecule has 2 aromatic rings. The lowest BCUT2D eigenvalue weighted by Crippen LogP contribution is -2.10. The van der Waals surface area contributed by atoms with Crippen LogP contribution in [0.4, 0.5) is 5.95 Å². The number of hydrogen-bond donors (Lipinski definition) is 4. The fraction of sp³-hybridized carbons (Fsp3) is 0. The summed E-state index contributed by atoms with van der Waals surface area (Å²) in [6.07, 6.45) is 2.31. The molecular weight excluding hydrogens is 398 g/mol. The number of phenols is 2. The van der Waals surface area contributed by atoms with Crippen molar-refractivity contribution in [1.82, 2.24) is 15.2 Å². The molecule has 104 valence electrons. The van der Waals surface area contributed by atoms with E-state index >= 15 is 0 Å². The third kappa shape index (κ3) is 3.14. The average molecular weight is 405 g/mol. The molecule has 4 N–H and O–H groups in total. The van der Waals surface area contributed by atoms with Crippen LogP contribution in [0.2, 0.25) is 0 Å². The van der Waals surface area contributed by atoms with Gasteiger partial charge in [-0.2, -0.15) is 5.10 Å². The van der Waals surface area contributed by atoms with Gasteiger partial charge in [0.25, 0.3) is 5.56 Å². The second-order valence-corrected chi connectivity index (χ2v) is 5.16. The molecule has 0 aliphatic carbocycles. The minimum Gasteiger partial charge on any atom is -0.506 e. The van der Waals surface area contributed by atoms with Crippen molar-refractivity contribution in [3.8, 4) is 11.5 Å². The second kappa shape index (κ2) is 6.01. The number of phenolic OH excluding ortho intramolecular Hbond substituents is 2. The minimum atomic E-state index is -0.421.